The van der Waals surface area contributed by atoms with Gasteiger partial charge in [0, 0.05) is 17.0 Å². The topological polar surface area (TPSA) is 67.2 Å². The van der Waals surface area contributed by atoms with Crippen LogP contribution < -0.4 is 10.2 Å². The smallest absolute Gasteiger partial charge is 0.240 e. The summed E-state index contributed by atoms with van der Waals surface area (Å²) in [7, 11) is 0. The molecule has 6 nitrogen and oxygen atoms in total. The third kappa shape index (κ3) is 4.78. The van der Waals surface area contributed by atoms with Crippen LogP contribution in [0, 0.1) is 13.8 Å². The number of nitrogens with zero attached hydrogens (tertiary/aromatic N) is 3. The average Bonchev–Trinajstić information content (AvgIpc) is 3.30. The van der Waals surface area contributed by atoms with Crippen molar-refractivity contribution in [2.75, 3.05) is 17.2 Å². The monoisotopic (exact) mass is 508 g/mol. The lowest BCUT2D eigenvalue weighted by molar-refractivity contribution is -0.123. The van der Waals surface area contributed by atoms with Gasteiger partial charge in [0.1, 0.15) is 12.4 Å². The number of anilines is 1. The van der Waals surface area contributed by atoms with Crippen LogP contribution in [0.25, 0.3) is 5.69 Å². The van der Waals surface area contributed by atoms with Crippen LogP contribution in [-0.4, -0.2) is 39.9 Å². The maximum atomic E-state index is 13.6. The van der Waals surface area contributed by atoms with Gasteiger partial charge in [0.05, 0.1) is 22.4 Å². The van der Waals surface area contributed by atoms with Gasteiger partial charge in [0.2, 0.25) is 11.8 Å². The quantitative estimate of drug-likeness (QED) is 0.508. The van der Waals surface area contributed by atoms with Gasteiger partial charge in [-0.25, -0.2) is 4.68 Å². The van der Waals surface area contributed by atoms with Gasteiger partial charge in [-0.2, -0.15) is 16.4 Å². The molecule has 35 heavy (non-hydrogen) atoms. The lowest BCUT2D eigenvalue weighted by Gasteiger charge is -2.24. The number of benzene rings is 1. The van der Waals surface area contributed by atoms with Crippen molar-refractivity contribution in [3.63, 3.8) is 0 Å². The summed E-state index contributed by atoms with van der Waals surface area (Å²) in [6.07, 6.45) is 2.02. The van der Waals surface area contributed by atoms with Crippen molar-refractivity contribution >= 4 is 40.7 Å². The molecule has 1 aliphatic heterocycles. The molecule has 1 saturated carbocycles. The molecular formula is C27H32N4O2S2. The number of hydrogen-bond acceptors (Lipinski definition) is 5. The molecule has 2 aromatic heterocycles. The van der Waals surface area contributed by atoms with Crippen LogP contribution >= 0.6 is 23.1 Å². The summed E-state index contributed by atoms with van der Waals surface area (Å²) in [5.41, 5.74) is 6.09. The minimum absolute atomic E-state index is 0.000560. The highest BCUT2D eigenvalue weighted by Gasteiger charge is 2.40. The zero-order chi connectivity index (χ0) is 24.9. The van der Waals surface area contributed by atoms with Crippen molar-refractivity contribution in [1.82, 2.24) is 15.1 Å². The van der Waals surface area contributed by atoms with Gasteiger partial charge in [-0.05, 0) is 60.7 Å². The molecular weight excluding hydrogens is 476 g/mol. The van der Waals surface area contributed by atoms with E-state index in [0.29, 0.717) is 5.75 Å². The molecule has 3 aromatic rings. The van der Waals surface area contributed by atoms with E-state index in [2.05, 4.69) is 75.0 Å². The Morgan fingerprint density at radius 2 is 1.97 bits per heavy atom. The molecule has 0 unspecified atom stereocenters. The van der Waals surface area contributed by atoms with Gasteiger partial charge < -0.3 is 5.32 Å². The van der Waals surface area contributed by atoms with Crippen LogP contribution in [0.1, 0.15) is 66.8 Å². The van der Waals surface area contributed by atoms with Crippen LogP contribution in [0.3, 0.4) is 0 Å². The molecule has 1 aromatic carbocycles. The van der Waals surface area contributed by atoms with Crippen LogP contribution in [0.4, 0.5) is 5.82 Å². The fourth-order valence-electron chi connectivity index (χ4n) is 4.62. The number of hydrogen-bond donors (Lipinski definition) is 1. The Hall–Kier alpha value is -2.58. The number of aromatic nitrogens is 2. The summed E-state index contributed by atoms with van der Waals surface area (Å²) in [6, 6.07) is 8.64. The van der Waals surface area contributed by atoms with Crippen molar-refractivity contribution in [2.24, 2.45) is 0 Å². The molecule has 5 rings (SSSR count). The van der Waals surface area contributed by atoms with Gasteiger partial charge in [0.15, 0.2) is 0 Å². The van der Waals surface area contributed by atoms with E-state index < -0.39 is 0 Å². The third-order valence-electron chi connectivity index (χ3n) is 6.47. The maximum absolute atomic E-state index is 13.6. The zero-order valence-corrected chi connectivity index (χ0v) is 22.6. The van der Waals surface area contributed by atoms with E-state index in [4.69, 9.17) is 5.10 Å². The van der Waals surface area contributed by atoms with E-state index in [1.54, 1.807) is 28.0 Å². The molecule has 8 heteroatoms. The Bertz CT molecular complexity index is 1270. The van der Waals surface area contributed by atoms with Crippen molar-refractivity contribution < 1.29 is 9.59 Å². The number of nitrogens with one attached hydrogen (secondary N) is 1. The zero-order valence-electron chi connectivity index (χ0n) is 20.9. The predicted octanol–water partition coefficient (Wildman–Crippen LogP) is 5.30. The minimum atomic E-state index is -0.252. The summed E-state index contributed by atoms with van der Waals surface area (Å²) in [4.78, 5) is 28.2. The summed E-state index contributed by atoms with van der Waals surface area (Å²) in [5.74, 6) is 0.851. The molecule has 2 amide bonds. The number of thiophene rings is 1. The first-order valence-corrected chi connectivity index (χ1v) is 14.1. The van der Waals surface area contributed by atoms with Crippen molar-refractivity contribution in [1.29, 1.82) is 0 Å². The van der Waals surface area contributed by atoms with E-state index in [0.717, 1.165) is 41.2 Å². The Morgan fingerprint density at radius 3 is 2.60 bits per heavy atom. The van der Waals surface area contributed by atoms with Crippen molar-refractivity contribution in [3.05, 3.63) is 63.0 Å². The molecule has 0 bridgehead atoms. The second-order valence-electron chi connectivity index (χ2n) is 10.6. The lowest BCUT2D eigenvalue weighted by atomic mass is 9.87. The molecule has 1 fully saturated rings. The molecule has 3 heterocycles. The van der Waals surface area contributed by atoms with Crippen LogP contribution in [0.15, 0.2) is 35.0 Å². The number of aryl methyl sites for hydroxylation is 2. The van der Waals surface area contributed by atoms with E-state index in [-0.39, 0.29) is 35.1 Å². The fourth-order valence-corrected chi connectivity index (χ4v) is 6.58. The van der Waals surface area contributed by atoms with E-state index in [1.807, 2.05) is 4.68 Å². The first-order chi connectivity index (χ1) is 16.6. The van der Waals surface area contributed by atoms with Crippen LogP contribution in [0.5, 0.6) is 0 Å². The molecule has 184 valence electrons. The van der Waals surface area contributed by atoms with Crippen LogP contribution in [-0.2, 0) is 15.0 Å². The van der Waals surface area contributed by atoms with E-state index in [9.17, 15) is 9.59 Å². The molecule has 0 saturated heterocycles. The molecule has 0 spiro atoms. The number of fused-ring (bicyclic) bond motifs is 1. The summed E-state index contributed by atoms with van der Waals surface area (Å²) >= 11 is 3.28. The molecule has 1 aliphatic carbocycles. The van der Waals surface area contributed by atoms with Gasteiger partial charge >= 0.3 is 0 Å². The second-order valence-corrected chi connectivity index (χ2v) is 12.5. The number of carbonyl (C=O) groups is 2. The van der Waals surface area contributed by atoms with E-state index >= 15 is 0 Å². The Labute approximate surface area is 215 Å². The fraction of sp³-hybridized carbons (Fsp3) is 0.444. The molecule has 2 aliphatic rings. The first kappa shape index (κ1) is 24.1. The number of thioether (sulfide) groups is 1. The SMILES string of the molecule is Cc1ccc(-n2nc(C(C)(C)C)c3c2N(CC(=O)NC2CC2)C(=O)CS[C@@H]3c2ccsc2)c(C)c1. The van der Waals surface area contributed by atoms with Gasteiger partial charge in [0.25, 0.3) is 0 Å². The van der Waals surface area contributed by atoms with Crippen LogP contribution in [0.2, 0.25) is 0 Å². The first-order valence-electron chi connectivity index (χ1n) is 12.1. The maximum Gasteiger partial charge on any atom is 0.240 e. The summed E-state index contributed by atoms with van der Waals surface area (Å²) in [6.45, 7) is 10.6. The van der Waals surface area contributed by atoms with Gasteiger partial charge in [-0.1, -0.05) is 38.5 Å². The summed E-state index contributed by atoms with van der Waals surface area (Å²) in [5, 5.41) is 12.4. The van der Waals surface area contributed by atoms with Gasteiger partial charge in [-0.3, -0.25) is 14.5 Å². The highest BCUT2D eigenvalue weighted by molar-refractivity contribution is 8.00. The molecule has 1 atom stereocenters. The third-order valence-corrected chi connectivity index (χ3v) is 8.43. The predicted molar refractivity (Wildman–Crippen MR) is 144 cm³/mol. The largest absolute Gasteiger partial charge is 0.352 e. The number of rotatable bonds is 5. The molecule has 0 radical (unpaired) electrons. The number of carbonyl (C=O) groups excluding carboxylic acids is 2. The Balaban J connectivity index is 1.75. The standard InChI is InChI=1S/C27H32N4O2S2/c1-16-6-9-20(17(2)12-16)31-26-23(25(29-31)27(3,4)5)24(18-10-11-34-14-18)35-15-22(33)30(26)13-21(32)28-19-7-8-19/h6,9-12,14,19,24H,7-8,13,15H2,1-5H3,(H,28,32)/t24-/m1/s1. The highest BCUT2D eigenvalue weighted by atomic mass is 32.2. The molecule has 1 N–H and O–H groups in total. The average molecular weight is 509 g/mol. The highest BCUT2D eigenvalue weighted by Crippen LogP contribution is 2.49. The van der Waals surface area contributed by atoms with Gasteiger partial charge in [-0.15, -0.1) is 11.8 Å². The number of amides is 2. The Morgan fingerprint density at radius 1 is 1.20 bits per heavy atom. The summed E-state index contributed by atoms with van der Waals surface area (Å²) < 4.78 is 1.91. The second kappa shape index (κ2) is 9.13. The lowest BCUT2D eigenvalue weighted by Crippen LogP contribution is -2.43. The van der Waals surface area contributed by atoms with Crippen molar-refractivity contribution in [2.45, 2.75) is 64.2 Å². The van der Waals surface area contributed by atoms with Crippen molar-refractivity contribution in [3.8, 4) is 5.69 Å². The Kier molecular flexibility index (Phi) is 6.30. The minimum Gasteiger partial charge on any atom is -0.352 e. The normalized spacial score (nSPS) is 18.4. The van der Waals surface area contributed by atoms with E-state index in [1.165, 1.54) is 11.1 Å².